The van der Waals surface area contributed by atoms with E-state index in [2.05, 4.69) is 128 Å². The Labute approximate surface area is 259 Å². The van der Waals surface area contributed by atoms with Crippen molar-refractivity contribution < 1.29 is 4.74 Å². The van der Waals surface area contributed by atoms with Crippen LogP contribution in [0, 0.1) is 0 Å². The van der Waals surface area contributed by atoms with Crippen LogP contribution in [0.1, 0.15) is 26.3 Å². The molecule has 1 aliphatic rings. The number of nitrogens with zero attached hydrogens (tertiary/aromatic N) is 3. The highest BCUT2D eigenvalue weighted by molar-refractivity contribution is 7.21. The van der Waals surface area contributed by atoms with Crippen LogP contribution >= 0.6 is 22.7 Å². The molecule has 0 bridgehead atoms. The first-order chi connectivity index (χ1) is 20.8. The molecule has 0 aliphatic carbocycles. The topological polar surface area (TPSA) is 28.6 Å². The zero-order valence-electron chi connectivity index (χ0n) is 24.6. The molecule has 0 saturated heterocycles. The highest BCUT2D eigenvalue weighted by Gasteiger charge is 2.24. The Balaban J connectivity index is 1.24. The summed E-state index contributed by atoms with van der Waals surface area (Å²) in [6, 6.07) is 32.7. The van der Waals surface area contributed by atoms with Crippen molar-refractivity contribution in [1.29, 1.82) is 0 Å². The molecule has 4 nitrogen and oxygen atoms in total. The summed E-state index contributed by atoms with van der Waals surface area (Å²) in [7, 11) is 2.13. The van der Waals surface area contributed by atoms with Crippen LogP contribution < -0.4 is 14.5 Å². The van der Waals surface area contributed by atoms with Gasteiger partial charge in [0.15, 0.2) is 5.06 Å². The van der Waals surface area contributed by atoms with E-state index >= 15 is 0 Å². The second-order valence-electron chi connectivity index (χ2n) is 12.3. The monoisotopic (exact) mass is 597 g/mol. The predicted octanol–water partition coefficient (Wildman–Crippen LogP) is 11.0. The molecule has 1 aliphatic heterocycles. The molecule has 0 fully saturated rings. The molecule has 0 atom stereocenters. The third kappa shape index (κ3) is 4.53. The predicted molar refractivity (Wildman–Crippen MR) is 185 cm³/mol. The molecule has 4 aromatic carbocycles. The van der Waals surface area contributed by atoms with Crippen molar-refractivity contribution in [3.05, 3.63) is 108 Å². The summed E-state index contributed by atoms with van der Waals surface area (Å²) in [4.78, 5) is 9.52. The third-order valence-corrected chi connectivity index (χ3v) is 10.2. The zero-order valence-corrected chi connectivity index (χ0v) is 26.2. The summed E-state index contributed by atoms with van der Waals surface area (Å²) in [5.74, 6) is 0.829. The van der Waals surface area contributed by atoms with Gasteiger partial charge < -0.3 is 14.5 Å². The van der Waals surface area contributed by atoms with Crippen molar-refractivity contribution >= 4 is 70.7 Å². The average molecular weight is 598 g/mol. The van der Waals surface area contributed by atoms with E-state index in [1.54, 1.807) is 22.7 Å². The smallest absolute Gasteiger partial charge is 0.182 e. The van der Waals surface area contributed by atoms with Crippen LogP contribution in [0.25, 0.3) is 42.2 Å². The fourth-order valence-electron chi connectivity index (χ4n) is 6.12. The summed E-state index contributed by atoms with van der Waals surface area (Å²) >= 11 is 3.48. The Morgan fingerprint density at radius 1 is 0.791 bits per heavy atom. The van der Waals surface area contributed by atoms with E-state index in [9.17, 15) is 0 Å². The molecular formula is C37H31N3OS2. The first kappa shape index (κ1) is 26.3. The lowest BCUT2D eigenvalue weighted by Gasteiger charge is -2.20. The zero-order chi connectivity index (χ0) is 29.3. The van der Waals surface area contributed by atoms with Gasteiger partial charge in [-0.15, -0.1) is 11.3 Å². The van der Waals surface area contributed by atoms with E-state index in [1.807, 2.05) is 12.3 Å². The molecule has 0 N–H and O–H groups in total. The van der Waals surface area contributed by atoms with Gasteiger partial charge in [0.1, 0.15) is 5.75 Å². The third-order valence-electron chi connectivity index (χ3n) is 8.36. The first-order valence-electron chi connectivity index (χ1n) is 14.5. The van der Waals surface area contributed by atoms with E-state index in [1.165, 1.54) is 53.4 Å². The number of rotatable bonds is 4. The number of aromatic nitrogens is 1. The Kier molecular flexibility index (Phi) is 6.00. The van der Waals surface area contributed by atoms with Gasteiger partial charge in [-0.3, -0.25) is 4.98 Å². The summed E-state index contributed by atoms with van der Waals surface area (Å²) in [6.45, 7) is 7.56. The largest absolute Gasteiger partial charge is 0.447 e. The number of fused-ring (bicyclic) bond motifs is 4. The Morgan fingerprint density at radius 2 is 1.63 bits per heavy atom. The fraction of sp³-hybridized carbons (Fsp3) is 0.162. The number of benzene rings is 4. The van der Waals surface area contributed by atoms with Crippen LogP contribution in [0.4, 0.5) is 17.1 Å². The van der Waals surface area contributed by atoms with E-state index in [-0.39, 0.29) is 5.41 Å². The molecule has 3 aromatic heterocycles. The van der Waals surface area contributed by atoms with Gasteiger partial charge in [-0.05, 0) is 93.2 Å². The Morgan fingerprint density at radius 3 is 2.49 bits per heavy atom. The van der Waals surface area contributed by atoms with E-state index in [0.717, 1.165) is 28.9 Å². The molecule has 0 amide bonds. The minimum absolute atomic E-state index is 0.0284. The fourth-order valence-corrected chi connectivity index (χ4v) is 7.93. The first-order valence-corrected chi connectivity index (χ1v) is 16.2. The van der Waals surface area contributed by atoms with Gasteiger partial charge in [-0.25, -0.2) is 0 Å². The number of hydrogen-bond donors (Lipinski definition) is 0. The summed E-state index contributed by atoms with van der Waals surface area (Å²) in [5, 5.41) is 7.93. The number of pyridine rings is 1. The van der Waals surface area contributed by atoms with E-state index < -0.39 is 0 Å². The van der Waals surface area contributed by atoms with E-state index in [4.69, 9.17) is 9.72 Å². The van der Waals surface area contributed by atoms with Gasteiger partial charge in [0.25, 0.3) is 0 Å². The summed E-state index contributed by atoms with van der Waals surface area (Å²) < 4.78 is 9.09. The molecule has 0 radical (unpaired) electrons. The SMILES string of the molecule is CN1CN(c2cccc(Oc3cc4c(-c5cc(C(C)(C)C)ccn5)c5cc6ccsc6cc5cc4s3)c2)c2ccccc21. The molecule has 43 heavy (non-hydrogen) atoms. The molecule has 0 unspecified atom stereocenters. The quantitative estimate of drug-likeness (QED) is 0.202. The summed E-state index contributed by atoms with van der Waals surface area (Å²) in [5.41, 5.74) is 7.04. The molecule has 7 aromatic rings. The maximum absolute atomic E-state index is 6.60. The summed E-state index contributed by atoms with van der Waals surface area (Å²) in [6.07, 6.45) is 1.95. The second-order valence-corrected chi connectivity index (χ2v) is 14.3. The van der Waals surface area contributed by atoms with Gasteiger partial charge in [0, 0.05) is 51.4 Å². The van der Waals surface area contributed by atoms with Crippen molar-refractivity contribution in [2.24, 2.45) is 0 Å². The Bertz CT molecular complexity index is 2170. The van der Waals surface area contributed by atoms with Crippen molar-refractivity contribution in [3.63, 3.8) is 0 Å². The van der Waals surface area contributed by atoms with Crippen LogP contribution in [0.3, 0.4) is 0 Å². The lowest BCUT2D eigenvalue weighted by Crippen LogP contribution is -2.23. The maximum atomic E-state index is 6.60. The number of para-hydroxylation sites is 2. The van der Waals surface area contributed by atoms with Gasteiger partial charge in [0.2, 0.25) is 0 Å². The van der Waals surface area contributed by atoms with E-state index in [0.29, 0.717) is 0 Å². The van der Waals surface area contributed by atoms with Crippen LogP contribution in [-0.4, -0.2) is 18.7 Å². The van der Waals surface area contributed by atoms with Crippen molar-refractivity contribution in [3.8, 4) is 22.1 Å². The number of thiophene rings is 2. The minimum atomic E-state index is 0.0284. The molecular weight excluding hydrogens is 567 g/mol. The number of ether oxygens (including phenoxy) is 1. The van der Waals surface area contributed by atoms with Gasteiger partial charge in [-0.1, -0.05) is 50.3 Å². The average Bonchev–Trinajstić information content (AvgIpc) is 3.71. The van der Waals surface area contributed by atoms with Crippen LogP contribution in [0.2, 0.25) is 0 Å². The molecule has 0 saturated carbocycles. The maximum Gasteiger partial charge on any atom is 0.182 e. The molecule has 8 rings (SSSR count). The molecule has 6 heteroatoms. The van der Waals surface area contributed by atoms with Crippen LogP contribution in [-0.2, 0) is 5.41 Å². The van der Waals surface area contributed by atoms with Crippen molar-refractivity contribution in [2.45, 2.75) is 26.2 Å². The molecule has 212 valence electrons. The second kappa shape index (κ2) is 9.83. The van der Waals surface area contributed by atoms with Crippen molar-refractivity contribution in [1.82, 2.24) is 4.98 Å². The van der Waals surface area contributed by atoms with Gasteiger partial charge in [-0.2, -0.15) is 0 Å². The van der Waals surface area contributed by atoms with Crippen molar-refractivity contribution in [2.75, 3.05) is 23.5 Å². The number of hydrogen-bond acceptors (Lipinski definition) is 6. The standard InChI is InChI=1S/C37H31N3OS2/c1-37(2,3)25-12-14-38-30(19-25)36-28-16-23-13-15-42-33(23)17-24(28)18-34-29(36)21-35(43-34)41-27-9-7-8-26(20-27)40-22-39(4)31-10-5-6-11-32(31)40/h5-21H,22H2,1-4H3. The lowest BCUT2D eigenvalue weighted by atomic mass is 9.86. The van der Waals surface area contributed by atoms with Gasteiger partial charge >= 0.3 is 0 Å². The van der Waals surface area contributed by atoms with Gasteiger partial charge in [0.05, 0.1) is 23.7 Å². The molecule has 4 heterocycles. The Hall–Kier alpha value is -4.39. The van der Waals surface area contributed by atoms with Crippen LogP contribution in [0.15, 0.2) is 103 Å². The highest BCUT2D eigenvalue weighted by Crippen LogP contribution is 2.46. The number of anilines is 3. The van der Waals surface area contributed by atoms with Crippen LogP contribution in [0.5, 0.6) is 10.8 Å². The minimum Gasteiger partial charge on any atom is -0.447 e. The highest BCUT2D eigenvalue weighted by atomic mass is 32.1. The normalized spacial score (nSPS) is 13.4. The lowest BCUT2D eigenvalue weighted by molar-refractivity contribution is 0.497. The molecule has 0 spiro atoms.